The molecular weight excluding hydrogens is 359 g/mol. The van der Waals surface area contributed by atoms with Gasteiger partial charge in [0.2, 0.25) is 0 Å². The lowest BCUT2D eigenvalue weighted by Crippen LogP contribution is -2.09. The largest absolute Gasteiger partial charge is 0.433 e. The minimum absolute atomic E-state index is 0.108. The van der Waals surface area contributed by atoms with Crippen LogP contribution in [0.4, 0.5) is 30.2 Å². The molecule has 0 saturated carbocycles. The molecule has 0 radical (unpaired) electrons. The minimum Gasteiger partial charge on any atom is -0.396 e. The van der Waals surface area contributed by atoms with Crippen LogP contribution in [0.15, 0.2) is 34.9 Å². The number of rotatable bonds is 2. The van der Waals surface area contributed by atoms with Crippen LogP contribution in [0.5, 0.6) is 0 Å². The zero-order valence-electron chi connectivity index (χ0n) is 9.80. The van der Waals surface area contributed by atoms with E-state index in [4.69, 9.17) is 17.3 Å². The summed E-state index contributed by atoms with van der Waals surface area (Å²) in [6.45, 7) is 0. The molecular formula is C12H8BrClF3N3. The predicted octanol–water partition coefficient (Wildman–Crippen LogP) is 4.84. The topological polar surface area (TPSA) is 50.9 Å². The summed E-state index contributed by atoms with van der Waals surface area (Å²) in [5.74, 6) is 0. The number of aromatic nitrogens is 1. The molecule has 2 aromatic rings. The molecule has 8 heteroatoms. The standard InChI is InChI=1S/C12H8BrClF3N3/c13-7-2-1-6(3-8(7)14)20-10-4-11(12(15,16)17)19-5-9(10)18/h1-5H,18H2,(H,19,20). The zero-order valence-corrected chi connectivity index (χ0v) is 12.1. The van der Waals surface area contributed by atoms with Gasteiger partial charge in [0.15, 0.2) is 0 Å². The van der Waals surface area contributed by atoms with Gasteiger partial charge in [-0.2, -0.15) is 13.2 Å². The lowest BCUT2D eigenvalue weighted by atomic mass is 10.2. The Kier molecular flexibility index (Phi) is 4.10. The molecule has 20 heavy (non-hydrogen) atoms. The third kappa shape index (κ3) is 3.34. The summed E-state index contributed by atoms with van der Waals surface area (Å²) >= 11 is 9.14. The van der Waals surface area contributed by atoms with Crippen LogP contribution in [0, 0.1) is 0 Å². The van der Waals surface area contributed by atoms with Crippen LogP contribution in [0.1, 0.15) is 5.69 Å². The van der Waals surface area contributed by atoms with Gasteiger partial charge < -0.3 is 11.1 Å². The number of nitrogens with zero attached hydrogens (tertiary/aromatic N) is 1. The molecule has 1 aromatic carbocycles. The normalized spacial score (nSPS) is 11.4. The highest BCUT2D eigenvalue weighted by Crippen LogP contribution is 2.33. The Balaban J connectivity index is 2.35. The molecule has 1 heterocycles. The van der Waals surface area contributed by atoms with Crippen molar-refractivity contribution < 1.29 is 13.2 Å². The van der Waals surface area contributed by atoms with Crippen molar-refractivity contribution in [3.8, 4) is 0 Å². The number of nitrogen functional groups attached to an aromatic ring is 1. The van der Waals surface area contributed by atoms with Gasteiger partial charge in [0, 0.05) is 10.2 Å². The highest BCUT2D eigenvalue weighted by atomic mass is 79.9. The van der Waals surface area contributed by atoms with E-state index in [-0.39, 0.29) is 11.4 Å². The molecule has 0 aliphatic carbocycles. The number of anilines is 3. The van der Waals surface area contributed by atoms with Crippen molar-refractivity contribution in [3.63, 3.8) is 0 Å². The molecule has 0 atom stereocenters. The molecule has 0 aliphatic rings. The molecule has 0 unspecified atom stereocenters. The fourth-order valence-electron chi connectivity index (χ4n) is 1.46. The van der Waals surface area contributed by atoms with E-state index < -0.39 is 11.9 Å². The van der Waals surface area contributed by atoms with Crippen molar-refractivity contribution in [2.75, 3.05) is 11.1 Å². The van der Waals surface area contributed by atoms with Gasteiger partial charge in [-0.15, -0.1) is 0 Å². The van der Waals surface area contributed by atoms with Gasteiger partial charge in [-0.05, 0) is 40.2 Å². The Morgan fingerprint density at radius 2 is 1.95 bits per heavy atom. The second kappa shape index (κ2) is 5.49. The summed E-state index contributed by atoms with van der Waals surface area (Å²) in [5, 5.41) is 3.21. The lowest BCUT2D eigenvalue weighted by molar-refractivity contribution is -0.141. The van der Waals surface area contributed by atoms with E-state index in [0.29, 0.717) is 15.2 Å². The van der Waals surface area contributed by atoms with Gasteiger partial charge in [0.1, 0.15) is 5.69 Å². The Bertz CT molecular complexity index is 646. The highest BCUT2D eigenvalue weighted by Gasteiger charge is 2.32. The smallest absolute Gasteiger partial charge is 0.396 e. The number of hydrogen-bond donors (Lipinski definition) is 2. The van der Waals surface area contributed by atoms with Crippen LogP contribution >= 0.6 is 27.5 Å². The van der Waals surface area contributed by atoms with Crippen LogP contribution in [0.3, 0.4) is 0 Å². The average Bonchev–Trinajstić information content (AvgIpc) is 2.35. The van der Waals surface area contributed by atoms with E-state index in [0.717, 1.165) is 12.3 Å². The van der Waals surface area contributed by atoms with Gasteiger partial charge in [-0.3, -0.25) is 0 Å². The van der Waals surface area contributed by atoms with Crippen molar-refractivity contribution in [1.29, 1.82) is 0 Å². The Morgan fingerprint density at radius 1 is 1.25 bits per heavy atom. The molecule has 0 bridgehead atoms. The number of alkyl halides is 3. The van der Waals surface area contributed by atoms with E-state index in [1.807, 2.05) is 0 Å². The lowest BCUT2D eigenvalue weighted by Gasteiger charge is -2.12. The van der Waals surface area contributed by atoms with Gasteiger partial charge >= 0.3 is 6.18 Å². The molecule has 1 aromatic heterocycles. The van der Waals surface area contributed by atoms with E-state index in [1.54, 1.807) is 18.2 Å². The first kappa shape index (κ1) is 14.9. The average molecular weight is 367 g/mol. The Labute approximate surface area is 126 Å². The maximum atomic E-state index is 12.6. The fraction of sp³-hybridized carbons (Fsp3) is 0.0833. The predicted molar refractivity (Wildman–Crippen MR) is 76.1 cm³/mol. The zero-order chi connectivity index (χ0) is 14.9. The Hall–Kier alpha value is -1.47. The summed E-state index contributed by atoms with van der Waals surface area (Å²) in [5.41, 5.74) is 5.34. The molecule has 3 nitrogen and oxygen atoms in total. The first-order valence-corrected chi connectivity index (χ1v) is 6.49. The minimum atomic E-state index is -4.53. The van der Waals surface area contributed by atoms with Crippen molar-refractivity contribution in [1.82, 2.24) is 4.98 Å². The second-order valence-electron chi connectivity index (χ2n) is 3.91. The van der Waals surface area contributed by atoms with E-state index in [2.05, 4.69) is 26.2 Å². The van der Waals surface area contributed by atoms with Crippen LogP contribution in [-0.4, -0.2) is 4.98 Å². The third-order valence-corrected chi connectivity index (χ3v) is 3.66. The maximum Gasteiger partial charge on any atom is 0.433 e. The first-order valence-electron chi connectivity index (χ1n) is 5.32. The van der Waals surface area contributed by atoms with E-state index in [9.17, 15) is 13.2 Å². The molecule has 2 rings (SSSR count). The van der Waals surface area contributed by atoms with Crippen LogP contribution in [0.25, 0.3) is 0 Å². The molecule has 0 fully saturated rings. The molecule has 3 N–H and O–H groups in total. The molecule has 0 amide bonds. The van der Waals surface area contributed by atoms with Gasteiger partial charge in [0.05, 0.1) is 22.6 Å². The monoisotopic (exact) mass is 365 g/mol. The van der Waals surface area contributed by atoms with Crippen LogP contribution in [-0.2, 0) is 6.18 Å². The maximum absolute atomic E-state index is 12.6. The number of pyridine rings is 1. The van der Waals surface area contributed by atoms with E-state index in [1.165, 1.54) is 0 Å². The summed E-state index contributed by atoms with van der Waals surface area (Å²) in [7, 11) is 0. The quantitative estimate of drug-likeness (QED) is 0.799. The summed E-state index contributed by atoms with van der Waals surface area (Å²) in [6.07, 6.45) is -3.56. The van der Waals surface area contributed by atoms with Gasteiger partial charge in [-0.1, -0.05) is 11.6 Å². The van der Waals surface area contributed by atoms with Crippen molar-refractivity contribution in [2.45, 2.75) is 6.18 Å². The number of halogens is 5. The highest BCUT2D eigenvalue weighted by molar-refractivity contribution is 9.10. The molecule has 0 spiro atoms. The fourth-order valence-corrected chi connectivity index (χ4v) is 1.89. The van der Waals surface area contributed by atoms with Gasteiger partial charge in [0.25, 0.3) is 0 Å². The molecule has 0 saturated heterocycles. The number of nitrogens with one attached hydrogen (secondary N) is 1. The molecule has 106 valence electrons. The number of hydrogen-bond acceptors (Lipinski definition) is 3. The van der Waals surface area contributed by atoms with Crippen molar-refractivity contribution >= 4 is 44.6 Å². The van der Waals surface area contributed by atoms with Crippen molar-refractivity contribution in [2.24, 2.45) is 0 Å². The SMILES string of the molecule is Nc1cnc(C(F)(F)F)cc1Nc1ccc(Br)c(Cl)c1. The van der Waals surface area contributed by atoms with Crippen LogP contribution < -0.4 is 11.1 Å². The number of nitrogens with two attached hydrogens (primary N) is 1. The second-order valence-corrected chi connectivity index (χ2v) is 5.17. The van der Waals surface area contributed by atoms with Crippen molar-refractivity contribution in [3.05, 3.63) is 45.7 Å². The summed E-state index contributed by atoms with van der Waals surface area (Å²) in [4.78, 5) is 3.26. The van der Waals surface area contributed by atoms with Crippen LogP contribution in [0.2, 0.25) is 5.02 Å². The first-order chi connectivity index (χ1) is 9.27. The number of benzene rings is 1. The Morgan fingerprint density at radius 3 is 2.55 bits per heavy atom. The third-order valence-electron chi connectivity index (χ3n) is 2.42. The summed E-state index contributed by atoms with van der Waals surface area (Å²) in [6, 6.07) is 5.75. The van der Waals surface area contributed by atoms with Gasteiger partial charge in [-0.25, -0.2) is 4.98 Å². The summed E-state index contributed by atoms with van der Waals surface area (Å²) < 4.78 is 38.5. The molecule has 0 aliphatic heterocycles. The van der Waals surface area contributed by atoms with E-state index >= 15 is 0 Å².